The van der Waals surface area contributed by atoms with E-state index in [2.05, 4.69) is 10.0 Å². The molecule has 4 rings (SSSR count). The van der Waals surface area contributed by atoms with E-state index < -0.39 is 21.7 Å². The minimum absolute atomic E-state index is 0.0355. The summed E-state index contributed by atoms with van der Waals surface area (Å²) >= 11 is 0. The number of para-hydroxylation sites is 1. The zero-order chi connectivity index (χ0) is 24.5. The van der Waals surface area contributed by atoms with Gasteiger partial charge in [-0.1, -0.05) is 25.1 Å². The van der Waals surface area contributed by atoms with Crippen LogP contribution in [-0.4, -0.2) is 26.8 Å². The van der Waals surface area contributed by atoms with Gasteiger partial charge in [0.1, 0.15) is 5.82 Å². The lowest BCUT2D eigenvalue weighted by atomic mass is 10.1. The molecule has 0 unspecified atom stereocenters. The summed E-state index contributed by atoms with van der Waals surface area (Å²) in [6.45, 7) is 4.01. The van der Waals surface area contributed by atoms with Gasteiger partial charge in [-0.25, -0.2) is 12.8 Å². The molecule has 0 radical (unpaired) electrons. The normalized spacial score (nSPS) is 12.9. The average molecular weight is 482 g/mol. The highest BCUT2D eigenvalue weighted by Crippen LogP contribution is 2.30. The molecule has 0 saturated heterocycles. The molecule has 0 aliphatic carbocycles. The summed E-state index contributed by atoms with van der Waals surface area (Å²) in [6, 6.07) is 15.1. The predicted molar refractivity (Wildman–Crippen MR) is 129 cm³/mol. The maximum Gasteiger partial charge on any atom is 0.262 e. The number of hydrogen-bond acceptors (Lipinski definition) is 4. The number of benzene rings is 3. The standard InChI is InChI=1S/C25H24FN3O4S/c1-3-24(30)29-13-12-17-14-18(9-11-22(17)29)25(31)27-19-10-8-16(2)23(15-19)34(32,33)28-21-7-5-4-6-20(21)26/h4-11,14-15,28H,3,12-13H2,1-2H3,(H,27,31). The number of hydrogen-bond donors (Lipinski definition) is 2. The highest BCUT2D eigenvalue weighted by atomic mass is 32.2. The van der Waals surface area contributed by atoms with Gasteiger partial charge in [0.15, 0.2) is 0 Å². The van der Waals surface area contributed by atoms with Crippen LogP contribution >= 0.6 is 0 Å². The van der Waals surface area contributed by atoms with Crippen molar-refractivity contribution in [3.63, 3.8) is 0 Å². The van der Waals surface area contributed by atoms with E-state index in [9.17, 15) is 22.4 Å². The van der Waals surface area contributed by atoms with E-state index in [0.29, 0.717) is 30.5 Å². The Morgan fingerprint density at radius 3 is 2.56 bits per heavy atom. The molecule has 3 aromatic rings. The van der Waals surface area contributed by atoms with Crippen molar-refractivity contribution in [3.8, 4) is 0 Å². The molecule has 34 heavy (non-hydrogen) atoms. The lowest BCUT2D eigenvalue weighted by Gasteiger charge is -2.16. The molecule has 1 aliphatic rings. The number of amides is 2. The van der Waals surface area contributed by atoms with E-state index in [-0.39, 0.29) is 22.2 Å². The third-order valence-corrected chi connectivity index (χ3v) is 7.20. The second kappa shape index (κ2) is 9.26. The van der Waals surface area contributed by atoms with Crippen LogP contribution in [0.5, 0.6) is 0 Å². The van der Waals surface area contributed by atoms with Crippen LogP contribution in [0, 0.1) is 12.7 Å². The maximum atomic E-state index is 14.0. The van der Waals surface area contributed by atoms with Gasteiger partial charge in [-0.2, -0.15) is 0 Å². The van der Waals surface area contributed by atoms with Gasteiger partial charge in [0, 0.05) is 29.9 Å². The number of nitrogens with zero attached hydrogens (tertiary/aromatic N) is 1. The molecule has 7 nitrogen and oxygen atoms in total. The second-order valence-corrected chi connectivity index (χ2v) is 9.66. The van der Waals surface area contributed by atoms with E-state index in [0.717, 1.165) is 17.3 Å². The van der Waals surface area contributed by atoms with Crippen molar-refractivity contribution < 1.29 is 22.4 Å². The van der Waals surface area contributed by atoms with Crippen LogP contribution in [0.4, 0.5) is 21.5 Å². The SMILES string of the molecule is CCC(=O)N1CCc2cc(C(=O)Nc3ccc(C)c(S(=O)(=O)Nc4ccccc4F)c3)ccc21. The van der Waals surface area contributed by atoms with Crippen molar-refractivity contribution in [2.45, 2.75) is 31.6 Å². The Labute approximate surface area is 197 Å². The van der Waals surface area contributed by atoms with Gasteiger partial charge in [-0.05, 0) is 66.9 Å². The number of halogens is 1. The van der Waals surface area contributed by atoms with Gasteiger partial charge >= 0.3 is 0 Å². The predicted octanol–water partition coefficient (Wildman–Crippen LogP) is 4.49. The molecule has 9 heteroatoms. The van der Waals surface area contributed by atoms with Crippen molar-refractivity contribution in [2.24, 2.45) is 0 Å². The Kier molecular flexibility index (Phi) is 6.39. The van der Waals surface area contributed by atoms with Crippen LogP contribution in [0.25, 0.3) is 0 Å². The summed E-state index contributed by atoms with van der Waals surface area (Å²) in [5.41, 5.74) is 2.69. The number of rotatable bonds is 6. The Hall–Kier alpha value is -3.72. The van der Waals surface area contributed by atoms with E-state index >= 15 is 0 Å². The molecular formula is C25H24FN3O4S. The first-order valence-electron chi connectivity index (χ1n) is 10.8. The highest BCUT2D eigenvalue weighted by molar-refractivity contribution is 7.92. The molecule has 2 amide bonds. The fraction of sp³-hybridized carbons (Fsp3) is 0.200. The van der Waals surface area contributed by atoms with Crippen LogP contribution in [0.1, 0.15) is 34.8 Å². The zero-order valence-electron chi connectivity index (χ0n) is 18.8. The first-order valence-corrected chi connectivity index (χ1v) is 12.3. The van der Waals surface area contributed by atoms with Crippen molar-refractivity contribution in [1.82, 2.24) is 0 Å². The fourth-order valence-corrected chi connectivity index (χ4v) is 5.25. The minimum Gasteiger partial charge on any atom is -0.322 e. The molecule has 1 aliphatic heterocycles. The van der Waals surface area contributed by atoms with Gasteiger partial charge in [0.25, 0.3) is 15.9 Å². The summed E-state index contributed by atoms with van der Waals surface area (Å²) < 4.78 is 42.0. The second-order valence-electron chi connectivity index (χ2n) is 8.01. The van der Waals surface area contributed by atoms with Crippen LogP contribution in [0.3, 0.4) is 0 Å². The first-order chi connectivity index (χ1) is 16.2. The Balaban J connectivity index is 1.55. The third kappa shape index (κ3) is 4.65. The smallest absolute Gasteiger partial charge is 0.262 e. The quantitative estimate of drug-likeness (QED) is 0.542. The first kappa shape index (κ1) is 23.4. The fourth-order valence-electron chi connectivity index (χ4n) is 3.91. The number of anilines is 3. The Morgan fingerprint density at radius 1 is 1.06 bits per heavy atom. The van der Waals surface area contributed by atoms with E-state index in [1.807, 2.05) is 6.92 Å². The Morgan fingerprint density at radius 2 is 1.82 bits per heavy atom. The minimum atomic E-state index is -4.09. The lowest BCUT2D eigenvalue weighted by molar-refractivity contribution is -0.118. The van der Waals surface area contributed by atoms with Crippen molar-refractivity contribution >= 4 is 38.9 Å². The van der Waals surface area contributed by atoms with Crippen molar-refractivity contribution in [3.05, 3.63) is 83.2 Å². The number of carbonyl (C=O) groups is 2. The van der Waals surface area contributed by atoms with E-state index in [1.54, 1.807) is 42.2 Å². The molecule has 2 N–H and O–H groups in total. The molecule has 0 aromatic heterocycles. The topological polar surface area (TPSA) is 95.6 Å². The van der Waals surface area contributed by atoms with Crippen LogP contribution in [0.2, 0.25) is 0 Å². The molecule has 1 heterocycles. The van der Waals surface area contributed by atoms with Gasteiger partial charge in [-0.15, -0.1) is 0 Å². The van der Waals surface area contributed by atoms with Gasteiger partial charge < -0.3 is 10.2 Å². The monoisotopic (exact) mass is 481 g/mol. The van der Waals surface area contributed by atoms with Crippen LogP contribution in [-0.2, 0) is 21.2 Å². The van der Waals surface area contributed by atoms with Gasteiger partial charge in [0.2, 0.25) is 5.91 Å². The summed E-state index contributed by atoms with van der Waals surface area (Å²) in [7, 11) is -4.09. The molecule has 0 atom stereocenters. The van der Waals surface area contributed by atoms with Gasteiger partial charge in [0.05, 0.1) is 10.6 Å². The molecule has 0 fully saturated rings. The van der Waals surface area contributed by atoms with Crippen molar-refractivity contribution in [2.75, 3.05) is 21.5 Å². The molecule has 176 valence electrons. The number of aryl methyl sites for hydroxylation is 1. The summed E-state index contributed by atoms with van der Waals surface area (Å²) in [4.78, 5) is 26.6. The van der Waals surface area contributed by atoms with Crippen LogP contribution in [0.15, 0.2) is 65.6 Å². The van der Waals surface area contributed by atoms with E-state index in [1.165, 1.54) is 24.3 Å². The molecular weight excluding hydrogens is 457 g/mol. The zero-order valence-corrected chi connectivity index (χ0v) is 19.6. The largest absolute Gasteiger partial charge is 0.322 e. The molecule has 0 saturated carbocycles. The number of fused-ring (bicyclic) bond motifs is 1. The van der Waals surface area contributed by atoms with Crippen molar-refractivity contribution in [1.29, 1.82) is 0 Å². The van der Waals surface area contributed by atoms with Crippen LogP contribution < -0.4 is 14.9 Å². The summed E-state index contributed by atoms with van der Waals surface area (Å²) in [6.07, 6.45) is 1.07. The number of nitrogens with one attached hydrogen (secondary N) is 2. The third-order valence-electron chi connectivity index (χ3n) is 5.69. The number of sulfonamides is 1. The number of carbonyl (C=O) groups excluding carboxylic acids is 2. The molecule has 3 aromatic carbocycles. The summed E-state index contributed by atoms with van der Waals surface area (Å²) in [5, 5.41) is 2.72. The Bertz CT molecular complexity index is 1390. The molecule has 0 spiro atoms. The maximum absolute atomic E-state index is 14.0. The highest BCUT2D eigenvalue weighted by Gasteiger charge is 2.25. The average Bonchev–Trinajstić information content (AvgIpc) is 3.24. The molecule has 0 bridgehead atoms. The lowest BCUT2D eigenvalue weighted by Crippen LogP contribution is -2.27. The summed E-state index contributed by atoms with van der Waals surface area (Å²) in [5.74, 6) is -1.06. The van der Waals surface area contributed by atoms with E-state index in [4.69, 9.17) is 0 Å². The van der Waals surface area contributed by atoms with Gasteiger partial charge in [-0.3, -0.25) is 14.3 Å².